The van der Waals surface area contributed by atoms with E-state index in [-0.39, 0.29) is 0 Å². The molecule has 0 aliphatic carbocycles. The van der Waals surface area contributed by atoms with E-state index in [0.29, 0.717) is 11.3 Å². The van der Waals surface area contributed by atoms with E-state index in [1.807, 2.05) is 6.07 Å². The van der Waals surface area contributed by atoms with Crippen molar-refractivity contribution in [1.82, 2.24) is 4.98 Å². The van der Waals surface area contributed by atoms with Crippen LogP contribution in [0, 0.1) is 17.4 Å². The Morgan fingerprint density at radius 3 is 2.70 bits per heavy atom. The number of hydrogen-bond acceptors (Lipinski definition) is 2. The summed E-state index contributed by atoms with van der Waals surface area (Å²) in [6.07, 6.45) is 1.44. The molecule has 0 bridgehead atoms. The van der Waals surface area contributed by atoms with Crippen molar-refractivity contribution in [2.24, 2.45) is 0 Å². The molecule has 46 valence electrons. The van der Waals surface area contributed by atoms with Crippen LogP contribution >= 0.6 is 0 Å². The van der Waals surface area contributed by atoms with Gasteiger partial charge < -0.3 is 0 Å². The van der Waals surface area contributed by atoms with E-state index < -0.39 is 0 Å². The lowest BCUT2D eigenvalue weighted by atomic mass is 10.3. The van der Waals surface area contributed by atoms with Gasteiger partial charge >= 0.3 is 6.07 Å². The third-order valence-electron chi connectivity index (χ3n) is 1.02. The first kappa shape index (κ1) is 6.25. The number of pyridine rings is 1. The maximum Gasteiger partial charge on any atom is 0.310 e. The van der Waals surface area contributed by atoms with E-state index >= 15 is 0 Å². The molecule has 0 aliphatic heterocycles. The Morgan fingerprint density at radius 1 is 1.50 bits per heavy atom. The predicted octanol–water partition coefficient (Wildman–Crippen LogP) is -0.926. The lowest BCUT2D eigenvalue weighted by molar-refractivity contribution is -0.0909. The molecule has 1 heterocycles. The summed E-state index contributed by atoms with van der Waals surface area (Å²) in [6.45, 7) is 0. The summed E-state index contributed by atoms with van der Waals surface area (Å²) < 4.78 is 0. The Kier molecular flexibility index (Phi) is 1.63. The minimum absolute atomic E-state index is 0.360. The summed E-state index contributed by atoms with van der Waals surface area (Å²) >= 11 is 0. The third-order valence-corrected chi connectivity index (χ3v) is 1.02. The van der Waals surface area contributed by atoms with Crippen LogP contribution in [0.4, 0.5) is 0 Å². The maximum absolute atomic E-state index is 8.32. The largest absolute Gasteiger partial charge is 0.310 e. The molecule has 1 aromatic rings. The second-order valence-corrected chi connectivity index (χ2v) is 1.67. The summed E-state index contributed by atoms with van der Waals surface area (Å²) in [4.78, 5) is 3.72. The Morgan fingerprint density at radius 2 is 2.30 bits per heavy atom. The van der Waals surface area contributed by atoms with Crippen LogP contribution in [0.15, 0.2) is 18.3 Å². The number of nitrogens with one attached hydrogen (secondary N) is 1. The SMILES string of the molecule is N#Cc1ccc(C#[NH+])cn1. The number of nitriles is 1. The highest BCUT2D eigenvalue weighted by molar-refractivity contribution is 5.29. The quantitative estimate of drug-likeness (QED) is 0.493. The zero-order valence-corrected chi connectivity index (χ0v) is 5.13. The molecule has 3 heteroatoms. The van der Waals surface area contributed by atoms with Gasteiger partial charge in [0.1, 0.15) is 17.3 Å². The van der Waals surface area contributed by atoms with Crippen LogP contribution < -0.4 is 5.26 Å². The molecule has 0 saturated carbocycles. The fourth-order valence-electron chi connectivity index (χ4n) is 0.534. The van der Waals surface area contributed by atoms with Gasteiger partial charge in [0.2, 0.25) is 0 Å². The number of rotatable bonds is 0. The molecule has 0 fully saturated rings. The first-order valence-electron chi connectivity index (χ1n) is 2.65. The number of aromatic nitrogens is 1. The fraction of sp³-hybridized carbons (Fsp3) is 0. The van der Waals surface area contributed by atoms with Crippen LogP contribution in [0.2, 0.25) is 0 Å². The summed E-state index contributed by atoms with van der Waals surface area (Å²) in [7, 11) is 0. The molecule has 10 heavy (non-hydrogen) atoms. The highest BCUT2D eigenvalue weighted by Crippen LogP contribution is 1.95. The fourth-order valence-corrected chi connectivity index (χ4v) is 0.534. The molecule has 0 aliphatic rings. The average molecular weight is 130 g/mol. The first-order valence-corrected chi connectivity index (χ1v) is 2.65. The van der Waals surface area contributed by atoms with Gasteiger partial charge in [-0.3, -0.25) is 0 Å². The van der Waals surface area contributed by atoms with Gasteiger partial charge in [-0.05, 0) is 12.1 Å². The van der Waals surface area contributed by atoms with Gasteiger partial charge in [0.05, 0.1) is 6.20 Å². The molecule has 1 aromatic heterocycles. The van der Waals surface area contributed by atoms with Crippen LogP contribution in [-0.2, 0) is 0 Å². The van der Waals surface area contributed by atoms with Gasteiger partial charge in [-0.15, -0.1) is 0 Å². The lowest BCUT2D eigenvalue weighted by Gasteiger charge is -1.83. The molecule has 0 unspecified atom stereocenters. The molecule has 0 spiro atoms. The summed E-state index contributed by atoms with van der Waals surface area (Å²) in [6, 6.07) is 7.21. The average Bonchev–Trinajstić information content (AvgIpc) is 2.05. The van der Waals surface area contributed by atoms with E-state index in [2.05, 4.69) is 11.1 Å². The summed E-state index contributed by atoms with van der Waals surface area (Å²) in [5, 5.41) is 15.0. The Hall–Kier alpha value is -1.87. The maximum atomic E-state index is 8.32. The van der Waals surface area contributed by atoms with Crippen molar-refractivity contribution >= 4 is 0 Å². The van der Waals surface area contributed by atoms with Crippen molar-refractivity contribution in [1.29, 1.82) is 5.26 Å². The zero-order valence-electron chi connectivity index (χ0n) is 5.13. The van der Waals surface area contributed by atoms with Crippen molar-refractivity contribution in [3.05, 3.63) is 29.6 Å². The van der Waals surface area contributed by atoms with Crippen LogP contribution in [0.1, 0.15) is 11.3 Å². The smallest absolute Gasteiger partial charge is 0.244 e. The van der Waals surface area contributed by atoms with E-state index in [1.165, 1.54) is 6.20 Å². The minimum atomic E-state index is 0.360. The van der Waals surface area contributed by atoms with Crippen molar-refractivity contribution in [2.75, 3.05) is 0 Å². The second-order valence-electron chi connectivity index (χ2n) is 1.67. The van der Waals surface area contributed by atoms with E-state index in [9.17, 15) is 0 Å². The van der Waals surface area contributed by atoms with Crippen LogP contribution in [0.3, 0.4) is 0 Å². The first-order chi connectivity index (χ1) is 4.86. The van der Waals surface area contributed by atoms with Gasteiger partial charge in [0.25, 0.3) is 0 Å². The van der Waals surface area contributed by atoms with Crippen molar-refractivity contribution in [3.63, 3.8) is 0 Å². The van der Waals surface area contributed by atoms with Gasteiger partial charge in [-0.1, -0.05) is 5.26 Å². The molecular weight excluding hydrogens is 126 g/mol. The molecule has 1 N–H and O–H groups in total. The molecular formula is C7H4N3+. The number of nitrogens with zero attached hydrogens (tertiary/aromatic N) is 2. The van der Waals surface area contributed by atoms with Gasteiger partial charge in [0.15, 0.2) is 0 Å². The Balaban J connectivity index is 3.08. The molecule has 0 atom stereocenters. The lowest BCUT2D eigenvalue weighted by Crippen LogP contribution is -2.17. The van der Waals surface area contributed by atoms with Crippen LogP contribution in [0.5, 0.6) is 0 Å². The van der Waals surface area contributed by atoms with Gasteiger partial charge in [-0.2, -0.15) is 5.26 Å². The van der Waals surface area contributed by atoms with Crippen molar-refractivity contribution < 1.29 is 5.26 Å². The second kappa shape index (κ2) is 2.61. The van der Waals surface area contributed by atoms with Crippen LogP contribution in [0.25, 0.3) is 0 Å². The molecule has 0 aromatic carbocycles. The molecule has 3 nitrogen and oxygen atoms in total. The zero-order chi connectivity index (χ0) is 7.40. The highest BCUT2D eigenvalue weighted by atomic mass is 14.7. The van der Waals surface area contributed by atoms with Crippen molar-refractivity contribution in [2.45, 2.75) is 0 Å². The van der Waals surface area contributed by atoms with E-state index in [4.69, 9.17) is 10.5 Å². The summed E-state index contributed by atoms with van der Waals surface area (Å²) in [5.74, 6) is 0. The topological polar surface area (TPSA) is 60.5 Å². The third kappa shape index (κ3) is 1.10. The summed E-state index contributed by atoms with van der Waals surface area (Å²) in [5.41, 5.74) is 0.943. The normalized spacial score (nSPS) is 7.80. The molecule has 1 rings (SSSR count). The number of hydrogen-bond donors (Lipinski definition) is 1. The van der Waals surface area contributed by atoms with E-state index in [1.54, 1.807) is 12.1 Å². The Labute approximate surface area is 58.2 Å². The van der Waals surface area contributed by atoms with Gasteiger partial charge in [0, 0.05) is 0 Å². The van der Waals surface area contributed by atoms with Crippen LogP contribution in [-0.4, -0.2) is 4.98 Å². The Bertz CT molecular complexity index is 266. The predicted molar refractivity (Wildman–Crippen MR) is 32.9 cm³/mol. The minimum Gasteiger partial charge on any atom is -0.244 e. The standard InChI is InChI=1S/C7H3N3/c8-3-6-1-2-7(4-9)10-5-6/h1-2,5H/p+1. The van der Waals surface area contributed by atoms with Crippen molar-refractivity contribution in [3.8, 4) is 12.1 Å². The monoisotopic (exact) mass is 130 g/mol. The molecule has 0 saturated heterocycles. The molecule has 0 amide bonds. The van der Waals surface area contributed by atoms with Gasteiger partial charge in [-0.25, -0.2) is 4.98 Å². The van der Waals surface area contributed by atoms with E-state index in [0.717, 1.165) is 0 Å². The highest BCUT2D eigenvalue weighted by Gasteiger charge is 1.93. The molecule has 0 radical (unpaired) electrons.